The summed E-state index contributed by atoms with van der Waals surface area (Å²) in [6.07, 6.45) is 1.27. The maximum atomic E-state index is 12.4. The molecule has 0 unspecified atom stereocenters. The largest absolute Gasteiger partial charge is 0.496 e. The average molecular weight is 393 g/mol. The summed E-state index contributed by atoms with van der Waals surface area (Å²) in [5.74, 6) is -0.816. The normalized spacial score (nSPS) is 10.1. The van der Waals surface area contributed by atoms with E-state index in [1.807, 2.05) is 0 Å². The van der Waals surface area contributed by atoms with Crippen molar-refractivity contribution < 1.29 is 19.1 Å². The fourth-order valence-electron chi connectivity index (χ4n) is 2.62. The van der Waals surface area contributed by atoms with Crippen LogP contribution in [0.4, 0.5) is 11.4 Å². The molecule has 9 nitrogen and oxygen atoms in total. The molecule has 0 aliphatic rings. The number of benzene rings is 2. The molecule has 0 aliphatic carbocycles. The van der Waals surface area contributed by atoms with E-state index in [1.165, 1.54) is 20.5 Å². The Morgan fingerprint density at radius 3 is 2.14 bits per heavy atom. The van der Waals surface area contributed by atoms with Gasteiger partial charge in [-0.2, -0.15) is 0 Å². The lowest BCUT2D eigenvalue weighted by molar-refractivity contribution is 0.0943. The summed E-state index contributed by atoms with van der Waals surface area (Å²) >= 11 is 0. The number of ether oxygens (including phenoxy) is 1. The smallest absolute Gasteiger partial charge is 0.276 e. The zero-order valence-electron chi connectivity index (χ0n) is 15.8. The van der Waals surface area contributed by atoms with Gasteiger partial charge in [0.15, 0.2) is 5.69 Å². The van der Waals surface area contributed by atoms with E-state index in [9.17, 15) is 14.4 Å². The zero-order valence-corrected chi connectivity index (χ0v) is 15.8. The molecule has 1 aromatic heterocycles. The second-order valence-corrected chi connectivity index (χ2v) is 5.89. The van der Waals surface area contributed by atoms with Crippen LogP contribution >= 0.6 is 0 Å². The molecule has 3 rings (SSSR count). The van der Waals surface area contributed by atoms with Gasteiger partial charge in [0.2, 0.25) is 0 Å². The molecular weight excluding hydrogens is 374 g/mol. The molecular formula is C20H19N5O4. The minimum absolute atomic E-state index is 0.0158. The Hall–Kier alpha value is -4.14. The molecule has 0 aliphatic heterocycles. The van der Waals surface area contributed by atoms with Gasteiger partial charge >= 0.3 is 0 Å². The van der Waals surface area contributed by atoms with Gasteiger partial charge in [-0.1, -0.05) is 12.1 Å². The van der Waals surface area contributed by atoms with Crippen molar-refractivity contribution >= 4 is 29.1 Å². The van der Waals surface area contributed by atoms with Crippen LogP contribution in [0.1, 0.15) is 31.3 Å². The van der Waals surface area contributed by atoms with E-state index < -0.39 is 11.8 Å². The number of anilines is 2. The molecule has 0 spiro atoms. The summed E-state index contributed by atoms with van der Waals surface area (Å²) < 4.78 is 5.19. The lowest BCUT2D eigenvalue weighted by Gasteiger charge is -2.10. The summed E-state index contributed by atoms with van der Waals surface area (Å²) in [4.78, 5) is 43.1. The Morgan fingerprint density at radius 2 is 1.52 bits per heavy atom. The standard InChI is InChI=1S/C20H19N5O4/c1-21-19(27)16-17(23-11-22-16)20(28)25-13-9-7-12(8-10-13)24-18(26)14-5-3-4-6-15(14)29-2/h3-11H,1-2H3,(H,21,27)(H,22,23)(H,24,26)(H,25,28). The fourth-order valence-corrected chi connectivity index (χ4v) is 2.62. The van der Waals surface area contributed by atoms with Crippen LogP contribution in [0.25, 0.3) is 0 Å². The van der Waals surface area contributed by atoms with E-state index in [2.05, 4.69) is 25.9 Å². The molecule has 0 saturated carbocycles. The molecule has 9 heteroatoms. The lowest BCUT2D eigenvalue weighted by Crippen LogP contribution is -2.23. The number of imidazole rings is 1. The van der Waals surface area contributed by atoms with Crippen LogP contribution in [0.15, 0.2) is 54.9 Å². The second-order valence-electron chi connectivity index (χ2n) is 5.89. The number of rotatable bonds is 6. The summed E-state index contributed by atoms with van der Waals surface area (Å²) in [6.45, 7) is 0. The van der Waals surface area contributed by atoms with E-state index in [4.69, 9.17) is 4.74 Å². The molecule has 1 heterocycles. The van der Waals surface area contributed by atoms with Gasteiger partial charge in [-0.25, -0.2) is 4.98 Å². The van der Waals surface area contributed by atoms with Crippen LogP contribution in [0.5, 0.6) is 5.75 Å². The van der Waals surface area contributed by atoms with Gasteiger partial charge in [0.05, 0.1) is 19.0 Å². The Bertz CT molecular complexity index is 1040. The second kappa shape index (κ2) is 8.70. The monoisotopic (exact) mass is 393 g/mol. The van der Waals surface area contributed by atoms with Crippen LogP contribution in [-0.4, -0.2) is 41.8 Å². The first-order valence-electron chi connectivity index (χ1n) is 8.64. The van der Waals surface area contributed by atoms with E-state index in [1.54, 1.807) is 48.5 Å². The van der Waals surface area contributed by atoms with Gasteiger partial charge in [0.1, 0.15) is 11.4 Å². The highest BCUT2D eigenvalue weighted by Gasteiger charge is 2.19. The number of para-hydroxylation sites is 1. The van der Waals surface area contributed by atoms with Crippen molar-refractivity contribution in [2.45, 2.75) is 0 Å². The maximum Gasteiger partial charge on any atom is 0.276 e. The fraction of sp³-hybridized carbons (Fsp3) is 0.100. The van der Waals surface area contributed by atoms with E-state index in [0.29, 0.717) is 22.7 Å². The highest BCUT2D eigenvalue weighted by Crippen LogP contribution is 2.20. The number of hydrogen-bond donors (Lipinski definition) is 4. The van der Waals surface area contributed by atoms with Gasteiger partial charge in [-0.05, 0) is 36.4 Å². The number of hydrogen-bond acceptors (Lipinski definition) is 5. The van der Waals surface area contributed by atoms with Gasteiger partial charge in [0.25, 0.3) is 17.7 Å². The molecule has 0 fully saturated rings. The molecule has 3 amide bonds. The third-order valence-electron chi connectivity index (χ3n) is 4.06. The topological polar surface area (TPSA) is 125 Å². The van der Waals surface area contributed by atoms with Crippen molar-refractivity contribution in [2.24, 2.45) is 0 Å². The number of methoxy groups -OCH3 is 1. The van der Waals surface area contributed by atoms with Crippen LogP contribution in [0.3, 0.4) is 0 Å². The van der Waals surface area contributed by atoms with E-state index in [0.717, 1.165) is 0 Å². The Kier molecular flexibility index (Phi) is 5.88. The first-order chi connectivity index (χ1) is 14.0. The minimum Gasteiger partial charge on any atom is -0.496 e. The maximum absolute atomic E-state index is 12.4. The molecule has 2 aromatic carbocycles. The number of nitrogens with zero attached hydrogens (tertiary/aromatic N) is 1. The lowest BCUT2D eigenvalue weighted by atomic mass is 10.2. The molecule has 29 heavy (non-hydrogen) atoms. The predicted octanol–water partition coefficient (Wildman–Crippen LogP) is 2.28. The summed E-state index contributed by atoms with van der Waals surface area (Å²) in [7, 11) is 2.96. The molecule has 0 atom stereocenters. The van der Waals surface area contributed by atoms with Crippen LogP contribution in [0, 0.1) is 0 Å². The number of nitrogens with one attached hydrogen (secondary N) is 4. The Balaban J connectivity index is 1.68. The minimum atomic E-state index is -0.532. The van der Waals surface area contributed by atoms with E-state index >= 15 is 0 Å². The van der Waals surface area contributed by atoms with E-state index in [-0.39, 0.29) is 17.3 Å². The molecule has 0 bridgehead atoms. The third kappa shape index (κ3) is 4.41. The van der Waals surface area contributed by atoms with Crippen molar-refractivity contribution in [1.29, 1.82) is 0 Å². The van der Waals surface area contributed by atoms with Crippen molar-refractivity contribution in [2.75, 3.05) is 24.8 Å². The first-order valence-corrected chi connectivity index (χ1v) is 8.64. The molecule has 0 saturated heterocycles. The summed E-state index contributed by atoms with van der Waals surface area (Å²) in [5.41, 5.74) is 1.50. The van der Waals surface area contributed by atoms with Crippen LogP contribution in [-0.2, 0) is 0 Å². The predicted molar refractivity (Wildman–Crippen MR) is 107 cm³/mol. The van der Waals surface area contributed by atoms with Crippen LogP contribution in [0.2, 0.25) is 0 Å². The van der Waals surface area contributed by atoms with Crippen molar-refractivity contribution in [1.82, 2.24) is 15.3 Å². The number of carbonyl (C=O) groups is 3. The summed E-state index contributed by atoms with van der Waals surface area (Å²) in [6, 6.07) is 13.4. The molecule has 3 aromatic rings. The SMILES string of the molecule is CNC(=O)c1[nH]cnc1C(=O)Nc1ccc(NC(=O)c2ccccc2OC)cc1. The third-order valence-corrected chi connectivity index (χ3v) is 4.06. The van der Waals surface area contributed by atoms with Crippen molar-refractivity contribution in [3.63, 3.8) is 0 Å². The average Bonchev–Trinajstić information content (AvgIpc) is 3.24. The zero-order chi connectivity index (χ0) is 20.8. The number of carbonyl (C=O) groups excluding carboxylic acids is 3. The molecule has 4 N–H and O–H groups in total. The Morgan fingerprint density at radius 1 is 0.897 bits per heavy atom. The number of aromatic amines is 1. The van der Waals surface area contributed by atoms with Crippen molar-refractivity contribution in [3.8, 4) is 5.75 Å². The number of amides is 3. The first kappa shape index (κ1) is 19.6. The van der Waals surface area contributed by atoms with Gasteiger partial charge in [-0.15, -0.1) is 0 Å². The van der Waals surface area contributed by atoms with Gasteiger partial charge < -0.3 is 25.7 Å². The highest BCUT2D eigenvalue weighted by molar-refractivity contribution is 6.10. The van der Waals surface area contributed by atoms with Gasteiger partial charge in [-0.3, -0.25) is 14.4 Å². The Labute approximate surface area is 166 Å². The van der Waals surface area contributed by atoms with Crippen molar-refractivity contribution in [3.05, 3.63) is 71.8 Å². The molecule has 148 valence electrons. The van der Waals surface area contributed by atoms with Gasteiger partial charge in [0, 0.05) is 18.4 Å². The summed E-state index contributed by atoms with van der Waals surface area (Å²) in [5, 5.41) is 7.87. The van der Waals surface area contributed by atoms with Crippen LogP contribution < -0.4 is 20.7 Å². The quantitative estimate of drug-likeness (QED) is 0.511. The number of H-pyrrole nitrogens is 1. The molecule has 0 radical (unpaired) electrons. The number of aromatic nitrogens is 2. The highest BCUT2D eigenvalue weighted by atomic mass is 16.5.